The summed E-state index contributed by atoms with van der Waals surface area (Å²) < 4.78 is 52.0. The van der Waals surface area contributed by atoms with E-state index in [2.05, 4.69) is 24.7 Å². The van der Waals surface area contributed by atoms with Gasteiger partial charge >= 0.3 is 5.97 Å². The number of anilines is 1. The molecule has 1 aromatic carbocycles. The molecule has 3 aromatic heterocycles. The lowest BCUT2D eigenvalue weighted by atomic mass is 9.81. The third-order valence-electron chi connectivity index (χ3n) is 7.31. The van der Waals surface area contributed by atoms with Crippen LogP contribution in [0.15, 0.2) is 72.1 Å². The molecule has 0 saturated heterocycles. The number of sulfonamides is 1. The minimum atomic E-state index is -4.40. The number of rotatable bonds is 12. The first kappa shape index (κ1) is 33.4. The van der Waals surface area contributed by atoms with E-state index in [0.717, 1.165) is 0 Å². The molecular weight excluding hydrogens is 638 g/mol. The van der Waals surface area contributed by atoms with E-state index < -0.39 is 51.4 Å². The molecule has 47 heavy (non-hydrogen) atoms. The lowest BCUT2D eigenvalue weighted by Gasteiger charge is -2.38. The van der Waals surface area contributed by atoms with Crippen LogP contribution in [0.5, 0.6) is 23.1 Å². The molecule has 1 fully saturated rings. The molecule has 4 aromatic rings. The van der Waals surface area contributed by atoms with Crippen LogP contribution >= 0.6 is 0 Å². The highest BCUT2D eigenvalue weighted by molar-refractivity contribution is 7.92. The summed E-state index contributed by atoms with van der Waals surface area (Å²) in [6.45, 7) is -0.201. The molecule has 5 atom stereocenters. The molecule has 0 unspecified atom stereocenters. The van der Waals surface area contributed by atoms with Crippen LogP contribution in [0.2, 0.25) is 0 Å². The van der Waals surface area contributed by atoms with Gasteiger partial charge in [-0.3, -0.25) is 14.5 Å². The van der Waals surface area contributed by atoms with Gasteiger partial charge in [-0.25, -0.2) is 9.97 Å². The fourth-order valence-corrected chi connectivity index (χ4v) is 5.75. The molecule has 1 aliphatic rings. The molecule has 17 heteroatoms. The SMILES string of the molecule is COc1ccccc1Oc1c(NS(=O)(=O)c2ccc(CO[C@@H]3C[C@H](C(=O)O)[C@@H](O)[C@H](O)[C@H]3O)cn2)nc(-c2ccncc2)nc1OC. The number of methoxy groups -OCH3 is 2. The van der Waals surface area contributed by atoms with Gasteiger partial charge in [0, 0.05) is 24.2 Å². The second-order valence-corrected chi connectivity index (χ2v) is 12.0. The first-order chi connectivity index (χ1) is 22.5. The predicted molar refractivity (Wildman–Crippen MR) is 162 cm³/mol. The third kappa shape index (κ3) is 7.39. The highest BCUT2D eigenvalue weighted by Gasteiger charge is 2.46. The van der Waals surface area contributed by atoms with E-state index >= 15 is 0 Å². The van der Waals surface area contributed by atoms with Crippen molar-refractivity contribution in [3.05, 3.63) is 72.7 Å². The number of carboxylic acids is 1. The summed E-state index contributed by atoms with van der Waals surface area (Å²) in [5, 5.41) is 39.2. The molecule has 5 rings (SSSR count). The topological polar surface area (TPSA) is 233 Å². The standard InChI is InChI=1S/C30H31N5O11S/c1-43-19-5-3-4-6-20(19)46-26-28(33-27(34-29(26)44-2)17-9-11-31-12-10-17)35-47(41,42)22-8-7-16(14-32-22)15-45-21-13-18(30(39)40)23(36)25(38)24(21)37/h3-12,14,18,21,23-25,36-38H,13,15H2,1-2H3,(H,39,40)(H,33,34,35)/t18-,21+,23+,24-,25-/m0/s1. The van der Waals surface area contributed by atoms with Crippen molar-refractivity contribution in [1.82, 2.24) is 19.9 Å². The largest absolute Gasteiger partial charge is 0.493 e. The van der Waals surface area contributed by atoms with E-state index in [9.17, 15) is 33.6 Å². The van der Waals surface area contributed by atoms with Crippen LogP contribution in [-0.2, 0) is 26.2 Å². The van der Waals surface area contributed by atoms with Crippen molar-refractivity contribution >= 4 is 21.8 Å². The maximum absolute atomic E-state index is 13.6. The molecule has 0 amide bonds. The molecule has 0 spiro atoms. The number of aliphatic hydroxyl groups is 3. The smallest absolute Gasteiger partial charge is 0.309 e. The summed E-state index contributed by atoms with van der Waals surface area (Å²) in [6, 6.07) is 12.6. The number of para-hydroxylation sites is 2. The van der Waals surface area contributed by atoms with Gasteiger partial charge in [-0.1, -0.05) is 18.2 Å². The van der Waals surface area contributed by atoms with Gasteiger partial charge < -0.3 is 39.4 Å². The Kier molecular flexibility index (Phi) is 10.1. The van der Waals surface area contributed by atoms with Gasteiger partial charge in [0.2, 0.25) is 5.75 Å². The average molecular weight is 670 g/mol. The quantitative estimate of drug-likeness (QED) is 0.144. The van der Waals surface area contributed by atoms with E-state index in [1.54, 1.807) is 36.4 Å². The summed E-state index contributed by atoms with van der Waals surface area (Å²) >= 11 is 0. The number of carboxylic acid groups (broad SMARTS) is 1. The van der Waals surface area contributed by atoms with E-state index in [-0.39, 0.29) is 42.0 Å². The van der Waals surface area contributed by atoms with Crippen LogP contribution in [0.25, 0.3) is 11.4 Å². The van der Waals surface area contributed by atoms with Crippen molar-refractivity contribution in [2.75, 3.05) is 18.9 Å². The molecule has 1 saturated carbocycles. The van der Waals surface area contributed by atoms with E-state index in [4.69, 9.17) is 18.9 Å². The highest BCUT2D eigenvalue weighted by atomic mass is 32.2. The molecule has 5 N–H and O–H groups in total. The average Bonchev–Trinajstić information content (AvgIpc) is 3.08. The highest BCUT2D eigenvalue weighted by Crippen LogP contribution is 2.41. The molecule has 0 bridgehead atoms. The van der Waals surface area contributed by atoms with Crippen molar-refractivity contribution in [3.63, 3.8) is 0 Å². The summed E-state index contributed by atoms with van der Waals surface area (Å²) in [7, 11) is -1.61. The van der Waals surface area contributed by atoms with Crippen LogP contribution in [0, 0.1) is 5.92 Å². The lowest BCUT2D eigenvalue weighted by Crippen LogP contribution is -2.56. The Morgan fingerprint density at radius 3 is 2.30 bits per heavy atom. The Bertz CT molecular complexity index is 1810. The van der Waals surface area contributed by atoms with E-state index in [1.807, 2.05) is 0 Å². The van der Waals surface area contributed by atoms with Crippen molar-refractivity contribution in [2.24, 2.45) is 5.92 Å². The van der Waals surface area contributed by atoms with Crippen LogP contribution in [-0.4, -0.2) is 93.4 Å². The second kappa shape index (κ2) is 14.2. The van der Waals surface area contributed by atoms with Gasteiger partial charge in [0.1, 0.15) is 12.2 Å². The number of nitrogens with zero attached hydrogens (tertiary/aromatic N) is 4. The number of ether oxygens (including phenoxy) is 4. The summed E-state index contributed by atoms with van der Waals surface area (Å²) in [5.41, 5.74) is 0.900. The van der Waals surface area contributed by atoms with E-state index in [0.29, 0.717) is 16.9 Å². The lowest BCUT2D eigenvalue weighted by molar-refractivity contribution is -0.188. The van der Waals surface area contributed by atoms with Gasteiger partial charge in [0.15, 0.2) is 28.2 Å². The second-order valence-electron chi connectivity index (χ2n) is 10.3. The van der Waals surface area contributed by atoms with E-state index in [1.165, 1.54) is 44.9 Å². The molecular formula is C30H31N5O11S. The van der Waals surface area contributed by atoms with Crippen LogP contribution in [0.1, 0.15) is 12.0 Å². The Morgan fingerprint density at radius 1 is 0.936 bits per heavy atom. The maximum atomic E-state index is 13.6. The van der Waals surface area contributed by atoms with Crippen LogP contribution in [0.3, 0.4) is 0 Å². The zero-order chi connectivity index (χ0) is 33.7. The zero-order valence-corrected chi connectivity index (χ0v) is 25.8. The zero-order valence-electron chi connectivity index (χ0n) is 25.0. The van der Waals surface area contributed by atoms with Crippen molar-refractivity contribution in [3.8, 4) is 34.5 Å². The summed E-state index contributed by atoms with van der Waals surface area (Å²) in [4.78, 5) is 28.3. The molecule has 0 radical (unpaired) electrons. The number of benzene rings is 1. The Hall–Kier alpha value is -4.94. The number of nitrogens with one attached hydrogen (secondary N) is 1. The molecule has 3 heterocycles. The van der Waals surface area contributed by atoms with Crippen molar-refractivity contribution in [2.45, 2.75) is 42.5 Å². The third-order valence-corrected chi connectivity index (χ3v) is 8.57. The molecule has 16 nitrogen and oxygen atoms in total. The van der Waals surface area contributed by atoms with Gasteiger partial charge in [-0.05, 0) is 42.3 Å². The normalized spacial score (nSPS) is 21.1. The molecule has 1 aliphatic carbocycles. The molecule has 0 aliphatic heterocycles. The Balaban J connectivity index is 1.40. The predicted octanol–water partition coefficient (Wildman–Crippen LogP) is 1.62. The number of carbonyl (C=O) groups is 1. The van der Waals surface area contributed by atoms with Gasteiger partial charge in [0.25, 0.3) is 15.9 Å². The van der Waals surface area contributed by atoms with Gasteiger partial charge in [-0.2, -0.15) is 13.4 Å². The minimum Gasteiger partial charge on any atom is -0.493 e. The van der Waals surface area contributed by atoms with Crippen LogP contribution < -0.4 is 18.9 Å². The van der Waals surface area contributed by atoms with Crippen LogP contribution in [0.4, 0.5) is 5.82 Å². The van der Waals surface area contributed by atoms with Gasteiger partial charge in [-0.15, -0.1) is 0 Å². The monoisotopic (exact) mass is 669 g/mol. The first-order valence-corrected chi connectivity index (χ1v) is 15.5. The Morgan fingerprint density at radius 2 is 1.66 bits per heavy atom. The number of aliphatic carboxylic acids is 1. The summed E-state index contributed by atoms with van der Waals surface area (Å²) in [5.74, 6) is -2.48. The fraction of sp³-hybridized carbons (Fsp3) is 0.300. The number of aromatic nitrogens is 4. The number of hydrogen-bond acceptors (Lipinski definition) is 14. The number of pyridine rings is 2. The number of aliphatic hydroxyl groups excluding tert-OH is 3. The van der Waals surface area contributed by atoms with Gasteiger partial charge in [0.05, 0.1) is 39.0 Å². The fourth-order valence-electron chi connectivity index (χ4n) is 4.81. The molecule has 248 valence electrons. The summed E-state index contributed by atoms with van der Waals surface area (Å²) in [6.07, 6.45) is -2.00. The minimum absolute atomic E-state index is 0.0800. The van der Waals surface area contributed by atoms with Crippen molar-refractivity contribution in [1.29, 1.82) is 0 Å². The maximum Gasteiger partial charge on any atom is 0.309 e. The Labute approximate surface area is 268 Å². The number of hydrogen-bond donors (Lipinski definition) is 5. The van der Waals surface area contributed by atoms with Crippen molar-refractivity contribution < 1.29 is 52.6 Å². The first-order valence-electron chi connectivity index (χ1n) is 14.1.